The van der Waals surface area contributed by atoms with Crippen LogP contribution in [0.4, 0.5) is 15.2 Å². The molecule has 4 aromatic rings. The molecule has 1 amide bonds. The lowest BCUT2D eigenvalue weighted by Crippen LogP contribution is -2.23. The minimum atomic E-state index is -0.523. The minimum Gasteiger partial charge on any atom is -0.456 e. The summed E-state index contributed by atoms with van der Waals surface area (Å²) < 4.78 is 19.6. The molecule has 4 rings (SSSR count). The summed E-state index contributed by atoms with van der Waals surface area (Å²) in [5.74, 6) is -1.37. The summed E-state index contributed by atoms with van der Waals surface area (Å²) in [5, 5.41) is 1.98. The normalized spacial score (nSPS) is 10.6. The van der Waals surface area contributed by atoms with Crippen LogP contribution in [-0.2, 0) is 16.1 Å². The molecular weight excluding hydrogens is 427 g/mol. The molecule has 0 saturated carbocycles. The van der Waals surface area contributed by atoms with Crippen molar-refractivity contribution in [1.29, 1.82) is 0 Å². The molecule has 160 valence electrons. The Kier molecular flexibility index (Phi) is 6.37. The van der Waals surface area contributed by atoms with Gasteiger partial charge in [0.15, 0.2) is 5.13 Å². The average Bonchev–Trinajstić information content (AvgIpc) is 3.28. The summed E-state index contributed by atoms with van der Waals surface area (Å²) in [6.45, 7) is 1.28. The van der Waals surface area contributed by atoms with Gasteiger partial charge in [0.05, 0.1) is 16.9 Å². The summed E-state index contributed by atoms with van der Waals surface area (Å²) in [7, 11) is 0. The molecule has 0 bridgehead atoms. The van der Waals surface area contributed by atoms with Crippen molar-refractivity contribution in [3.63, 3.8) is 0 Å². The van der Waals surface area contributed by atoms with E-state index in [2.05, 4.69) is 4.98 Å². The summed E-state index contributed by atoms with van der Waals surface area (Å²) in [5.41, 5.74) is 3.09. The number of carbonyl (C=O) groups excluding carboxylic acids is 2. The van der Waals surface area contributed by atoms with E-state index in [1.54, 1.807) is 29.6 Å². The molecule has 0 aliphatic heterocycles. The molecule has 0 unspecified atom stereocenters. The number of hydrogen-bond acceptors (Lipinski definition) is 5. The number of benzene rings is 3. The first-order valence-corrected chi connectivity index (χ1v) is 10.7. The smallest absolute Gasteiger partial charge is 0.338 e. The number of carbonyl (C=O) groups is 2. The average molecular weight is 447 g/mol. The Hall–Kier alpha value is -3.84. The van der Waals surface area contributed by atoms with E-state index in [9.17, 15) is 14.0 Å². The topological polar surface area (TPSA) is 59.5 Å². The number of halogens is 1. The van der Waals surface area contributed by atoms with Gasteiger partial charge in [0.1, 0.15) is 12.4 Å². The number of esters is 1. The standard InChI is InChI=1S/C25H19FN2O3S/c1-17(29)28(23-10-6-5-9-22(23)26)25-27-21(16-32-25)15-31-24(30)20-13-11-19(12-14-20)18-7-3-2-4-8-18/h2-14,16H,15H2,1H3. The third-order valence-electron chi connectivity index (χ3n) is 4.72. The highest BCUT2D eigenvalue weighted by molar-refractivity contribution is 7.14. The van der Waals surface area contributed by atoms with Crippen LogP contribution in [-0.4, -0.2) is 16.9 Å². The fourth-order valence-electron chi connectivity index (χ4n) is 3.16. The van der Waals surface area contributed by atoms with Gasteiger partial charge in [-0.15, -0.1) is 11.3 Å². The Morgan fingerprint density at radius 2 is 1.59 bits per heavy atom. The molecule has 0 radical (unpaired) electrons. The van der Waals surface area contributed by atoms with Crippen molar-refractivity contribution in [2.45, 2.75) is 13.5 Å². The van der Waals surface area contributed by atoms with E-state index in [0.717, 1.165) is 11.1 Å². The molecule has 1 heterocycles. The summed E-state index contributed by atoms with van der Waals surface area (Å²) in [4.78, 5) is 30.1. The Morgan fingerprint density at radius 3 is 2.28 bits per heavy atom. The van der Waals surface area contributed by atoms with Gasteiger partial charge in [-0.25, -0.2) is 14.2 Å². The van der Waals surface area contributed by atoms with Crippen LogP contribution in [0.5, 0.6) is 0 Å². The number of ether oxygens (including phenoxy) is 1. The van der Waals surface area contributed by atoms with Crippen LogP contribution in [0.15, 0.2) is 84.2 Å². The van der Waals surface area contributed by atoms with Crippen LogP contribution in [0.1, 0.15) is 23.0 Å². The van der Waals surface area contributed by atoms with Gasteiger partial charge in [-0.3, -0.25) is 9.69 Å². The molecule has 7 heteroatoms. The Bertz CT molecular complexity index is 1240. The fraction of sp³-hybridized carbons (Fsp3) is 0.0800. The molecule has 0 aliphatic carbocycles. The molecule has 3 aromatic carbocycles. The zero-order valence-corrected chi connectivity index (χ0v) is 18.0. The van der Waals surface area contributed by atoms with E-state index >= 15 is 0 Å². The zero-order chi connectivity index (χ0) is 22.5. The van der Waals surface area contributed by atoms with Crippen molar-refractivity contribution in [3.8, 4) is 11.1 Å². The minimum absolute atomic E-state index is 0.0568. The molecule has 0 saturated heterocycles. The molecule has 0 spiro atoms. The second kappa shape index (κ2) is 9.53. The number of aromatic nitrogens is 1. The third-order valence-corrected chi connectivity index (χ3v) is 5.59. The van der Waals surface area contributed by atoms with E-state index in [-0.39, 0.29) is 18.2 Å². The Balaban J connectivity index is 1.43. The van der Waals surface area contributed by atoms with E-state index in [1.807, 2.05) is 42.5 Å². The predicted octanol–water partition coefficient (Wildman–Crippen LogP) is 5.99. The van der Waals surface area contributed by atoms with Crippen LogP contribution in [0, 0.1) is 5.82 Å². The van der Waals surface area contributed by atoms with E-state index in [0.29, 0.717) is 16.4 Å². The molecule has 0 fully saturated rings. The van der Waals surface area contributed by atoms with Crippen molar-refractivity contribution in [2.75, 3.05) is 4.90 Å². The number of thiazole rings is 1. The molecule has 0 N–H and O–H groups in total. The van der Waals surface area contributed by atoms with Gasteiger partial charge in [-0.1, -0.05) is 54.6 Å². The maximum atomic E-state index is 14.2. The lowest BCUT2D eigenvalue weighted by molar-refractivity contribution is -0.115. The summed E-state index contributed by atoms with van der Waals surface area (Å²) in [6, 6.07) is 23.0. The van der Waals surface area contributed by atoms with Crippen molar-refractivity contribution < 1.29 is 18.7 Å². The maximum absolute atomic E-state index is 14.2. The molecule has 1 aromatic heterocycles. The Labute approximate surface area is 188 Å². The quantitative estimate of drug-likeness (QED) is 0.341. The Morgan fingerprint density at radius 1 is 0.938 bits per heavy atom. The number of rotatable bonds is 6. The lowest BCUT2D eigenvalue weighted by atomic mass is 10.0. The van der Waals surface area contributed by atoms with Gasteiger partial charge in [-0.2, -0.15) is 0 Å². The second-order valence-electron chi connectivity index (χ2n) is 6.95. The van der Waals surface area contributed by atoms with Gasteiger partial charge in [0.2, 0.25) is 5.91 Å². The van der Waals surface area contributed by atoms with E-state index < -0.39 is 11.8 Å². The molecule has 5 nitrogen and oxygen atoms in total. The number of hydrogen-bond donors (Lipinski definition) is 0. The summed E-state index contributed by atoms with van der Waals surface area (Å²) in [6.07, 6.45) is 0. The van der Waals surface area contributed by atoms with Crippen LogP contribution >= 0.6 is 11.3 Å². The van der Waals surface area contributed by atoms with Gasteiger partial charge in [-0.05, 0) is 35.4 Å². The summed E-state index contributed by atoms with van der Waals surface area (Å²) >= 11 is 1.17. The van der Waals surface area contributed by atoms with Crippen LogP contribution in [0.2, 0.25) is 0 Å². The fourth-order valence-corrected chi connectivity index (χ4v) is 4.02. The highest BCUT2D eigenvalue weighted by Gasteiger charge is 2.21. The monoisotopic (exact) mass is 446 g/mol. The predicted molar refractivity (Wildman–Crippen MR) is 122 cm³/mol. The van der Waals surface area contributed by atoms with Crippen molar-refractivity contribution in [1.82, 2.24) is 4.98 Å². The molecular formula is C25H19FN2O3S. The third kappa shape index (κ3) is 4.73. The lowest BCUT2D eigenvalue weighted by Gasteiger charge is -2.18. The highest BCUT2D eigenvalue weighted by atomic mass is 32.1. The van der Waals surface area contributed by atoms with Gasteiger partial charge in [0.25, 0.3) is 0 Å². The van der Waals surface area contributed by atoms with Gasteiger partial charge >= 0.3 is 5.97 Å². The first-order chi connectivity index (χ1) is 15.5. The number of anilines is 2. The first kappa shape index (κ1) is 21.4. The van der Waals surface area contributed by atoms with Gasteiger partial charge in [0, 0.05) is 12.3 Å². The van der Waals surface area contributed by atoms with Crippen LogP contribution in [0.3, 0.4) is 0 Å². The van der Waals surface area contributed by atoms with Crippen molar-refractivity contribution in [2.24, 2.45) is 0 Å². The second-order valence-corrected chi connectivity index (χ2v) is 7.78. The molecule has 32 heavy (non-hydrogen) atoms. The van der Waals surface area contributed by atoms with Crippen molar-refractivity contribution >= 4 is 34.0 Å². The maximum Gasteiger partial charge on any atom is 0.338 e. The van der Waals surface area contributed by atoms with E-state index in [4.69, 9.17) is 4.74 Å². The van der Waals surface area contributed by atoms with Crippen LogP contribution in [0.25, 0.3) is 11.1 Å². The zero-order valence-electron chi connectivity index (χ0n) is 17.2. The first-order valence-electron chi connectivity index (χ1n) is 9.85. The van der Waals surface area contributed by atoms with Crippen molar-refractivity contribution in [3.05, 3.63) is 101 Å². The number of para-hydroxylation sites is 1. The van der Waals surface area contributed by atoms with E-state index in [1.165, 1.54) is 35.3 Å². The van der Waals surface area contributed by atoms with Crippen LogP contribution < -0.4 is 4.90 Å². The number of amides is 1. The molecule has 0 aliphatic rings. The highest BCUT2D eigenvalue weighted by Crippen LogP contribution is 2.31. The molecule has 0 atom stereocenters. The SMILES string of the molecule is CC(=O)N(c1nc(COC(=O)c2ccc(-c3ccccc3)cc2)cs1)c1ccccc1F. The van der Waals surface area contributed by atoms with Gasteiger partial charge < -0.3 is 4.74 Å². The largest absolute Gasteiger partial charge is 0.456 e. The number of nitrogens with zero attached hydrogens (tertiary/aromatic N) is 2.